The number of aromatic nitrogens is 5. The zero-order chi connectivity index (χ0) is 22.8. The number of benzene rings is 1. The number of imidazole rings is 1. The minimum Gasteiger partial charge on any atom is -0.435 e. The fourth-order valence-electron chi connectivity index (χ4n) is 3.87. The van der Waals surface area contributed by atoms with Gasteiger partial charge in [0.25, 0.3) is 0 Å². The van der Waals surface area contributed by atoms with E-state index in [-0.39, 0.29) is 5.75 Å². The zero-order valence-corrected chi connectivity index (χ0v) is 18.0. The van der Waals surface area contributed by atoms with Crippen LogP contribution in [0, 0.1) is 6.92 Å². The van der Waals surface area contributed by atoms with Crippen molar-refractivity contribution in [2.75, 3.05) is 31.2 Å². The van der Waals surface area contributed by atoms with Crippen LogP contribution in [0.1, 0.15) is 17.0 Å². The van der Waals surface area contributed by atoms with Crippen LogP contribution in [0.4, 0.5) is 14.7 Å². The predicted molar refractivity (Wildman–Crippen MR) is 118 cm³/mol. The Kier molecular flexibility index (Phi) is 5.82. The quantitative estimate of drug-likeness (QED) is 0.443. The summed E-state index contributed by atoms with van der Waals surface area (Å²) in [5, 5.41) is 4.75. The van der Waals surface area contributed by atoms with Gasteiger partial charge in [-0.2, -0.15) is 13.9 Å². The molecule has 170 valence electrons. The Bertz CT molecular complexity index is 1260. The van der Waals surface area contributed by atoms with Gasteiger partial charge in [-0.05, 0) is 25.1 Å². The van der Waals surface area contributed by atoms with E-state index < -0.39 is 6.61 Å². The lowest BCUT2D eigenvalue weighted by Crippen LogP contribution is -2.37. The van der Waals surface area contributed by atoms with Gasteiger partial charge in [0.1, 0.15) is 5.75 Å². The molecule has 0 spiro atoms. The van der Waals surface area contributed by atoms with Crippen molar-refractivity contribution in [3.05, 3.63) is 65.7 Å². The molecule has 4 heterocycles. The Morgan fingerprint density at radius 1 is 1.06 bits per heavy atom. The Morgan fingerprint density at radius 3 is 2.58 bits per heavy atom. The van der Waals surface area contributed by atoms with E-state index in [1.807, 2.05) is 19.1 Å². The van der Waals surface area contributed by atoms with Crippen molar-refractivity contribution in [3.63, 3.8) is 0 Å². The molecule has 3 aromatic heterocycles. The summed E-state index contributed by atoms with van der Waals surface area (Å²) >= 11 is 0. The van der Waals surface area contributed by atoms with Crippen LogP contribution in [0.25, 0.3) is 16.9 Å². The number of nitrogens with zero attached hydrogens (tertiary/aromatic N) is 6. The summed E-state index contributed by atoms with van der Waals surface area (Å²) in [5.74, 6) is 0.808. The molecule has 1 fully saturated rings. The van der Waals surface area contributed by atoms with Crippen molar-refractivity contribution in [1.29, 1.82) is 0 Å². The molecule has 8 nitrogen and oxygen atoms in total. The van der Waals surface area contributed by atoms with Gasteiger partial charge in [0.15, 0.2) is 5.65 Å². The number of morpholine rings is 1. The van der Waals surface area contributed by atoms with E-state index in [2.05, 4.69) is 24.6 Å². The first-order valence-electron chi connectivity index (χ1n) is 10.6. The van der Waals surface area contributed by atoms with Crippen molar-refractivity contribution in [1.82, 2.24) is 24.6 Å². The molecule has 0 saturated carbocycles. The average Bonchev–Trinajstić information content (AvgIpc) is 3.15. The largest absolute Gasteiger partial charge is 0.435 e. The fourth-order valence-corrected chi connectivity index (χ4v) is 3.87. The highest BCUT2D eigenvalue weighted by molar-refractivity contribution is 5.59. The van der Waals surface area contributed by atoms with Crippen molar-refractivity contribution in [3.8, 4) is 17.0 Å². The van der Waals surface area contributed by atoms with Crippen LogP contribution in [0.3, 0.4) is 0 Å². The lowest BCUT2D eigenvalue weighted by atomic mass is 10.1. The van der Waals surface area contributed by atoms with E-state index in [1.54, 1.807) is 35.1 Å². The lowest BCUT2D eigenvalue weighted by Gasteiger charge is -2.26. The topological polar surface area (TPSA) is 77.7 Å². The maximum Gasteiger partial charge on any atom is 0.387 e. The Labute approximate surface area is 188 Å². The van der Waals surface area contributed by atoms with Crippen LogP contribution in [0.5, 0.6) is 5.75 Å². The van der Waals surface area contributed by atoms with Crippen LogP contribution >= 0.6 is 0 Å². The second-order valence-electron chi connectivity index (χ2n) is 7.67. The normalized spacial score (nSPS) is 14.2. The molecule has 5 rings (SSSR count). The molecule has 1 aliphatic heterocycles. The van der Waals surface area contributed by atoms with E-state index in [9.17, 15) is 8.78 Å². The third-order valence-corrected chi connectivity index (χ3v) is 5.55. The lowest BCUT2D eigenvalue weighted by molar-refractivity contribution is -0.0503. The van der Waals surface area contributed by atoms with E-state index >= 15 is 0 Å². The number of aryl methyl sites for hydroxylation is 1. The van der Waals surface area contributed by atoms with Crippen LogP contribution < -0.4 is 9.64 Å². The molecule has 0 N–H and O–H groups in total. The zero-order valence-electron chi connectivity index (χ0n) is 18.0. The van der Waals surface area contributed by atoms with Gasteiger partial charge in [0.05, 0.1) is 30.3 Å². The summed E-state index contributed by atoms with van der Waals surface area (Å²) in [6.45, 7) is 1.84. The van der Waals surface area contributed by atoms with Crippen molar-refractivity contribution in [2.24, 2.45) is 0 Å². The fraction of sp³-hybridized carbons (Fsp3) is 0.304. The van der Waals surface area contributed by atoms with E-state index in [0.717, 1.165) is 30.0 Å². The second-order valence-corrected chi connectivity index (χ2v) is 7.67. The summed E-state index contributed by atoms with van der Waals surface area (Å²) in [4.78, 5) is 15.7. The molecule has 1 aliphatic rings. The first-order chi connectivity index (χ1) is 16.1. The monoisotopic (exact) mass is 452 g/mol. The van der Waals surface area contributed by atoms with Gasteiger partial charge in [0.2, 0.25) is 5.95 Å². The first-order valence-corrected chi connectivity index (χ1v) is 10.6. The van der Waals surface area contributed by atoms with Crippen molar-refractivity contribution in [2.45, 2.75) is 20.0 Å². The standard InChI is InChI=1S/C23H22F2N6O2/c1-15-19(12-16-4-2-3-5-20(16)33-22(24)25)31-21(28-15)7-6-18(29-31)17-13-26-23(27-14-17)30-8-10-32-11-9-30/h2-7,13-14,22H,8-12H2,1H3. The smallest absolute Gasteiger partial charge is 0.387 e. The summed E-state index contributed by atoms with van der Waals surface area (Å²) in [7, 11) is 0. The van der Waals surface area contributed by atoms with Gasteiger partial charge in [-0.1, -0.05) is 18.2 Å². The van der Waals surface area contributed by atoms with Gasteiger partial charge in [-0.25, -0.2) is 19.5 Å². The molecule has 33 heavy (non-hydrogen) atoms. The number of fused-ring (bicyclic) bond motifs is 1. The highest BCUT2D eigenvalue weighted by Gasteiger charge is 2.17. The SMILES string of the molecule is Cc1nc2ccc(-c3cnc(N4CCOCC4)nc3)nn2c1Cc1ccccc1OC(F)F. The van der Waals surface area contributed by atoms with Gasteiger partial charge in [-0.15, -0.1) is 0 Å². The van der Waals surface area contributed by atoms with Crippen molar-refractivity contribution >= 4 is 11.6 Å². The molecule has 0 unspecified atom stereocenters. The third kappa shape index (κ3) is 4.47. The van der Waals surface area contributed by atoms with Gasteiger partial charge in [0, 0.05) is 43.0 Å². The first kappa shape index (κ1) is 21.2. The maximum absolute atomic E-state index is 12.8. The highest BCUT2D eigenvalue weighted by atomic mass is 19.3. The summed E-state index contributed by atoms with van der Waals surface area (Å²) in [6.07, 6.45) is 3.85. The van der Waals surface area contributed by atoms with Crippen LogP contribution in [0.2, 0.25) is 0 Å². The average molecular weight is 452 g/mol. The number of hydrogen-bond acceptors (Lipinski definition) is 7. The molecule has 0 amide bonds. The molecule has 0 radical (unpaired) electrons. The van der Waals surface area contributed by atoms with E-state index in [4.69, 9.17) is 9.84 Å². The van der Waals surface area contributed by atoms with Crippen LogP contribution in [-0.4, -0.2) is 57.5 Å². The van der Waals surface area contributed by atoms with Crippen molar-refractivity contribution < 1.29 is 18.3 Å². The van der Waals surface area contributed by atoms with E-state index in [0.29, 0.717) is 42.5 Å². The molecule has 0 bridgehead atoms. The molecule has 1 aromatic carbocycles. The second kappa shape index (κ2) is 9.07. The Morgan fingerprint density at radius 2 is 1.82 bits per heavy atom. The molecule has 0 aliphatic carbocycles. The predicted octanol–water partition coefficient (Wildman–Crippen LogP) is 3.52. The van der Waals surface area contributed by atoms with Gasteiger partial charge < -0.3 is 14.4 Å². The number of ether oxygens (including phenoxy) is 2. The number of para-hydroxylation sites is 1. The highest BCUT2D eigenvalue weighted by Crippen LogP contribution is 2.26. The summed E-state index contributed by atoms with van der Waals surface area (Å²) in [5.41, 5.74) is 4.32. The number of hydrogen-bond donors (Lipinski definition) is 0. The van der Waals surface area contributed by atoms with E-state index in [1.165, 1.54) is 6.07 Å². The van der Waals surface area contributed by atoms with Crippen LogP contribution in [-0.2, 0) is 11.2 Å². The number of alkyl halides is 2. The third-order valence-electron chi connectivity index (χ3n) is 5.55. The molecule has 0 atom stereocenters. The molecule has 4 aromatic rings. The minimum absolute atomic E-state index is 0.144. The molecular formula is C23H22F2N6O2. The molecule has 10 heteroatoms. The van der Waals surface area contributed by atoms with Gasteiger partial charge in [-0.3, -0.25) is 0 Å². The number of anilines is 1. The number of rotatable bonds is 6. The minimum atomic E-state index is -2.89. The Balaban J connectivity index is 1.46. The van der Waals surface area contributed by atoms with Gasteiger partial charge >= 0.3 is 6.61 Å². The summed E-state index contributed by atoms with van der Waals surface area (Å²) in [6, 6.07) is 10.5. The Hall–Kier alpha value is -3.66. The summed E-state index contributed by atoms with van der Waals surface area (Å²) < 4.78 is 37.5. The maximum atomic E-state index is 12.8. The molecule has 1 saturated heterocycles. The molecular weight excluding hydrogens is 430 g/mol. The number of halogens is 2. The van der Waals surface area contributed by atoms with Crippen LogP contribution in [0.15, 0.2) is 48.8 Å².